The van der Waals surface area contributed by atoms with E-state index in [-0.39, 0.29) is 6.04 Å². The quantitative estimate of drug-likeness (QED) is 0.888. The molecule has 0 aromatic carbocycles. The summed E-state index contributed by atoms with van der Waals surface area (Å²) in [6.07, 6.45) is 2.42. The Kier molecular flexibility index (Phi) is 3.67. The number of halogens is 1. The highest BCUT2D eigenvalue weighted by Gasteiger charge is 2.32. The van der Waals surface area contributed by atoms with E-state index in [1.165, 1.54) is 4.88 Å². The second-order valence-corrected chi connectivity index (χ2v) is 5.68. The molecule has 1 aromatic rings. The van der Waals surface area contributed by atoms with Gasteiger partial charge in [-0.2, -0.15) is 0 Å². The van der Waals surface area contributed by atoms with E-state index >= 15 is 0 Å². The van der Waals surface area contributed by atoms with Crippen molar-refractivity contribution >= 4 is 22.9 Å². The summed E-state index contributed by atoms with van der Waals surface area (Å²) < 4.78 is 6.47. The predicted octanol–water partition coefficient (Wildman–Crippen LogP) is 3.22. The second-order valence-electron chi connectivity index (χ2n) is 3.94. The average molecular weight is 246 g/mol. The summed E-state index contributed by atoms with van der Waals surface area (Å²) in [6, 6.07) is 4.02. The maximum absolute atomic E-state index is 6.25. The summed E-state index contributed by atoms with van der Waals surface area (Å²) in [5.41, 5.74) is 6.25. The van der Waals surface area contributed by atoms with Gasteiger partial charge in [0.15, 0.2) is 0 Å². The molecule has 2 N–H and O–H groups in total. The van der Waals surface area contributed by atoms with Gasteiger partial charge >= 0.3 is 0 Å². The topological polar surface area (TPSA) is 35.2 Å². The first-order valence-corrected chi connectivity index (χ1v) is 6.54. The molecule has 3 atom stereocenters. The smallest absolute Gasteiger partial charge is 0.0931 e. The normalized spacial score (nSPS) is 28.2. The molecule has 1 aliphatic rings. The van der Waals surface area contributed by atoms with Gasteiger partial charge in [-0.15, -0.1) is 11.3 Å². The van der Waals surface area contributed by atoms with E-state index < -0.39 is 0 Å². The van der Waals surface area contributed by atoms with Crippen LogP contribution in [0.1, 0.15) is 30.7 Å². The monoisotopic (exact) mass is 245 g/mol. The van der Waals surface area contributed by atoms with E-state index in [0.717, 1.165) is 23.8 Å². The van der Waals surface area contributed by atoms with Crippen molar-refractivity contribution in [1.82, 2.24) is 0 Å². The molecule has 2 heterocycles. The molecule has 3 unspecified atom stereocenters. The number of nitrogens with two attached hydrogens (primary N) is 1. The highest BCUT2D eigenvalue weighted by atomic mass is 35.5. The number of hydrogen-bond acceptors (Lipinski definition) is 3. The fraction of sp³-hybridized carbons (Fsp3) is 0.636. The van der Waals surface area contributed by atoms with Crippen LogP contribution in [0.15, 0.2) is 12.1 Å². The van der Waals surface area contributed by atoms with E-state index in [0.29, 0.717) is 12.0 Å². The molecule has 2 nitrogen and oxygen atoms in total. The second kappa shape index (κ2) is 4.83. The summed E-state index contributed by atoms with van der Waals surface area (Å²) >= 11 is 7.49. The largest absolute Gasteiger partial charge is 0.378 e. The van der Waals surface area contributed by atoms with Gasteiger partial charge in [0.25, 0.3) is 0 Å². The first kappa shape index (κ1) is 11.4. The third-order valence-corrected chi connectivity index (χ3v) is 4.38. The van der Waals surface area contributed by atoms with Crippen molar-refractivity contribution in [2.75, 3.05) is 6.61 Å². The lowest BCUT2D eigenvalue weighted by Crippen LogP contribution is -2.27. The van der Waals surface area contributed by atoms with E-state index in [4.69, 9.17) is 22.1 Å². The molecule has 1 aromatic heterocycles. The van der Waals surface area contributed by atoms with Crippen molar-refractivity contribution in [2.45, 2.75) is 31.9 Å². The lowest BCUT2D eigenvalue weighted by atomic mass is 9.91. The SMILES string of the molecule is CCC1OCCC1C(N)c1ccc(Cl)s1. The van der Waals surface area contributed by atoms with Crippen molar-refractivity contribution in [2.24, 2.45) is 11.7 Å². The summed E-state index contributed by atoms with van der Waals surface area (Å²) in [5.74, 6) is 0.449. The zero-order valence-electron chi connectivity index (χ0n) is 8.78. The highest BCUT2D eigenvalue weighted by Crippen LogP contribution is 2.36. The van der Waals surface area contributed by atoms with Crippen LogP contribution in [0.4, 0.5) is 0 Å². The van der Waals surface area contributed by atoms with Crippen LogP contribution in [0, 0.1) is 5.92 Å². The molecule has 84 valence electrons. The lowest BCUT2D eigenvalue weighted by molar-refractivity contribution is 0.0816. The first-order chi connectivity index (χ1) is 7.22. The third kappa shape index (κ3) is 2.36. The number of thiophene rings is 1. The van der Waals surface area contributed by atoms with Crippen molar-refractivity contribution in [3.05, 3.63) is 21.3 Å². The van der Waals surface area contributed by atoms with Crippen LogP contribution in [-0.2, 0) is 4.74 Å². The minimum absolute atomic E-state index is 0.0787. The maximum atomic E-state index is 6.25. The van der Waals surface area contributed by atoms with Crippen LogP contribution in [0.5, 0.6) is 0 Å². The molecule has 0 aliphatic carbocycles. The molecule has 0 amide bonds. The van der Waals surface area contributed by atoms with Gasteiger partial charge in [-0.05, 0) is 25.0 Å². The van der Waals surface area contributed by atoms with Crippen LogP contribution in [-0.4, -0.2) is 12.7 Å². The van der Waals surface area contributed by atoms with Gasteiger partial charge in [0.05, 0.1) is 10.4 Å². The molecular formula is C11H16ClNOS. The molecule has 1 fully saturated rings. The first-order valence-electron chi connectivity index (χ1n) is 5.34. The molecule has 0 bridgehead atoms. The lowest BCUT2D eigenvalue weighted by Gasteiger charge is -2.22. The van der Waals surface area contributed by atoms with Crippen LogP contribution in [0.3, 0.4) is 0 Å². The van der Waals surface area contributed by atoms with Crippen LogP contribution in [0.25, 0.3) is 0 Å². The van der Waals surface area contributed by atoms with Crippen LogP contribution < -0.4 is 5.73 Å². The van der Waals surface area contributed by atoms with Crippen molar-refractivity contribution in [1.29, 1.82) is 0 Å². The van der Waals surface area contributed by atoms with Gasteiger partial charge < -0.3 is 10.5 Å². The molecule has 15 heavy (non-hydrogen) atoms. The van der Waals surface area contributed by atoms with Crippen molar-refractivity contribution < 1.29 is 4.74 Å². The Labute approximate surface area is 99.4 Å². The Hall–Kier alpha value is -0.0900. The molecule has 0 spiro atoms. The van der Waals surface area contributed by atoms with E-state index in [2.05, 4.69) is 6.92 Å². The number of hydrogen-bond donors (Lipinski definition) is 1. The maximum Gasteiger partial charge on any atom is 0.0931 e. The van der Waals surface area contributed by atoms with Gasteiger partial charge in [0.1, 0.15) is 0 Å². The van der Waals surface area contributed by atoms with E-state index in [9.17, 15) is 0 Å². The van der Waals surface area contributed by atoms with Crippen LogP contribution in [0.2, 0.25) is 4.34 Å². The summed E-state index contributed by atoms with van der Waals surface area (Å²) in [5, 5.41) is 0. The van der Waals surface area contributed by atoms with Gasteiger partial charge in [0, 0.05) is 23.4 Å². The van der Waals surface area contributed by atoms with Crippen molar-refractivity contribution in [3.63, 3.8) is 0 Å². The molecule has 2 rings (SSSR count). The highest BCUT2D eigenvalue weighted by molar-refractivity contribution is 7.16. The predicted molar refractivity (Wildman–Crippen MR) is 64.4 cm³/mol. The van der Waals surface area contributed by atoms with Crippen LogP contribution >= 0.6 is 22.9 Å². The molecule has 4 heteroatoms. The Morgan fingerprint density at radius 1 is 1.67 bits per heavy atom. The average Bonchev–Trinajstić information content (AvgIpc) is 2.84. The Morgan fingerprint density at radius 2 is 2.47 bits per heavy atom. The standard InChI is InChI=1S/C11H16ClNOS/c1-2-8-7(5-6-14-8)11(13)9-3-4-10(12)15-9/h3-4,7-8,11H,2,5-6,13H2,1H3. The molecular weight excluding hydrogens is 230 g/mol. The van der Waals surface area contributed by atoms with Gasteiger partial charge in [-0.3, -0.25) is 0 Å². The van der Waals surface area contributed by atoms with Gasteiger partial charge in [-0.25, -0.2) is 0 Å². The Balaban J connectivity index is 2.10. The summed E-state index contributed by atoms with van der Waals surface area (Å²) in [6.45, 7) is 2.99. The third-order valence-electron chi connectivity index (χ3n) is 3.05. The summed E-state index contributed by atoms with van der Waals surface area (Å²) in [4.78, 5) is 1.17. The fourth-order valence-electron chi connectivity index (χ4n) is 2.21. The van der Waals surface area contributed by atoms with Gasteiger partial charge in [0.2, 0.25) is 0 Å². The zero-order chi connectivity index (χ0) is 10.8. The molecule has 0 radical (unpaired) electrons. The number of ether oxygens (including phenoxy) is 1. The van der Waals surface area contributed by atoms with Crippen molar-refractivity contribution in [3.8, 4) is 0 Å². The molecule has 1 aliphatic heterocycles. The van der Waals surface area contributed by atoms with Gasteiger partial charge in [-0.1, -0.05) is 18.5 Å². The minimum Gasteiger partial charge on any atom is -0.378 e. The minimum atomic E-state index is 0.0787. The Bertz CT molecular complexity index is 328. The van der Waals surface area contributed by atoms with E-state index in [1.54, 1.807) is 11.3 Å². The molecule has 0 saturated carbocycles. The summed E-state index contributed by atoms with van der Waals surface area (Å²) in [7, 11) is 0. The Morgan fingerprint density at radius 3 is 3.07 bits per heavy atom. The zero-order valence-corrected chi connectivity index (χ0v) is 10.4. The fourth-order valence-corrected chi connectivity index (χ4v) is 3.35. The molecule has 1 saturated heterocycles. The number of rotatable bonds is 3. The van der Waals surface area contributed by atoms with E-state index in [1.807, 2.05) is 12.1 Å².